The van der Waals surface area contributed by atoms with Crippen molar-refractivity contribution >= 4 is 23.2 Å². The van der Waals surface area contributed by atoms with Crippen LogP contribution in [0.2, 0.25) is 0 Å². The molecule has 5 rings (SSSR count). The van der Waals surface area contributed by atoms with Crippen molar-refractivity contribution in [1.82, 2.24) is 9.80 Å². The van der Waals surface area contributed by atoms with Gasteiger partial charge >= 0.3 is 0 Å². The van der Waals surface area contributed by atoms with Gasteiger partial charge in [-0.15, -0.1) is 0 Å². The largest absolute Gasteiger partial charge is 0.491 e. The Morgan fingerprint density at radius 3 is 2.50 bits per heavy atom. The van der Waals surface area contributed by atoms with Gasteiger partial charge in [-0.05, 0) is 60.2 Å². The van der Waals surface area contributed by atoms with E-state index in [0.29, 0.717) is 58.0 Å². The van der Waals surface area contributed by atoms with Gasteiger partial charge in [-0.2, -0.15) is 0 Å². The molecule has 2 amide bonds. The van der Waals surface area contributed by atoms with Gasteiger partial charge < -0.3 is 29.1 Å². The molecule has 8 nitrogen and oxygen atoms in total. The van der Waals surface area contributed by atoms with E-state index in [-0.39, 0.29) is 24.1 Å². The maximum Gasteiger partial charge on any atom is 0.253 e. The summed E-state index contributed by atoms with van der Waals surface area (Å²) < 4.78 is 25.2. The number of anilines is 2. The molecule has 3 aromatic rings. The minimum absolute atomic E-state index is 0.0228. The highest BCUT2D eigenvalue weighted by molar-refractivity contribution is 5.94. The number of hydrogen-bond acceptors (Lipinski definition) is 6. The van der Waals surface area contributed by atoms with Crippen LogP contribution in [0.4, 0.5) is 15.8 Å². The molecule has 0 saturated carbocycles. The van der Waals surface area contributed by atoms with E-state index < -0.39 is 0 Å². The quantitative estimate of drug-likeness (QED) is 0.458. The molecule has 1 fully saturated rings. The molecule has 0 aromatic heterocycles. The van der Waals surface area contributed by atoms with Crippen molar-refractivity contribution in [3.63, 3.8) is 0 Å². The average Bonchev–Trinajstić information content (AvgIpc) is 3.02. The number of fused-ring (bicyclic) bond motifs is 3. The first-order valence-electron chi connectivity index (χ1n) is 14.5. The minimum atomic E-state index is -0.293. The van der Waals surface area contributed by atoms with Crippen LogP contribution < -0.4 is 14.5 Å². The molecular weight excluding hydrogens is 535 g/mol. The standard InChI is InChI=1S/C33H39FN4O4/c1-35(29-8-6-28(34)7-9-29)13-12-32(39)38-15-14-36(2)33(40)26-5-3-4-25(22-26)23-27-24-30(37-16-19-41-20-17-37)10-11-31(27)42-21-18-38/h3-11,22,24H,12-21,23H2,1-2H3. The van der Waals surface area contributed by atoms with Crippen molar-refractivity contribution in [1.29, 1.82) is 0 Å². The van der Waals surface area contributed by atoms with Crippen molar-refractivity contribution in [2.24, 2.45) is 0 Å². The number of rotatable bonds is 5. The average molecular weight is 575 g/mol. The maximum atomic E-state index is 13.4. The summed E-state index contributed by atoms with van der Waals surface area (Å²) in [5.41, 5.74) is 4.66. The Labute approximate surface area is 247 Å². The van der Waals surface area contributed by atoms with Gasteiger partial charge in [0.25, 0.3) is 5.91 Å². The fourth-order valence-corrected chi connectivity index (χ4v) is 5.36. The van der Waals surface area contributed by atoms with E-state index in [4.69, 9.17) is 9.47 Å². The molecule has 0 atom stereocenters. The molecule has 0 radical (unpaired) electrons. The lowest BCUT2D eigenvalue weighted by molar-refractivity contribution is -0.131. The summed E-state index contributed by atoms with van der Waals surface area (Å²) in [6.07, 6.45) is 0.907. The van der Waals surface area contributed by atoms with E-state index in [9.17, 15) is 14.0 Å². The fraction of sp³-hybridized carbons (Fsp3) is 0.394. The van der Waals surface area contributed by atoms with Crippen LogP contribution in [0.1, 0.15) is 27.9 Å². The van der Waals surface area contributed by atoms with Crippen molar-refractivity contribution in [2.75, 3.05) is 83.0 Å². The van der Waals surface area contributed by atoms with Crippen LogP contribution >= 0.6 is 0 Å². The second kappa shape index (κ2) is 13.7. The summed E-state index contributed by atoms with van der Waals surface area (Å²) in [5.74, 6) is 0.390. The van der Waals surface area contributed by atoms with Crippen LogP contribution in [0, 0.1) is 5.82 Å². The first-order valence-corrected chi connectivity index (χ1v) is 14.5. The molecule has 42 heavy (non-hydrogen) atoms. The Bertz CT molecular complexity index is 1380. The first kappa shape index (κ1) is 29.4. The Morgan fingerprint density at radius 1 is 0.929 bits per heavy atom. The Kier molecular flexibility index (Phi) is 9.59. The highest BCUT2D eigenvalue weighted by Gasteiger charge is 2.20. The van der Waals surface area contributed by atoms with Crippen LogP contribution in [-0.4, -0.2) is 94.8 Å². The van der Waals surface area contributed by atoms with Crippen LogP contribution in [-0.2, 0) is 16.0 Å². The number of carbonyl (C=O) groups excluding carboxylic acids is 2. The highest BCUT2D eigenvalue weighted by atomic mass is 19.1. The molecular formula is C33H39FN4O4. The zero-order chi connectivity index (χ0) is 29.5. The third-order valence-corrected chi connectivity index (χ3v) is 7.94. The Balaban J connectivity index is 1.35. The number of carbonyl (C=O) groups is 2. The summed E-state index contributed by atoms with van der Waals surface area (Å²) in [6.45, 7) is 5.10. The molecule has 3 aromatic carbocycles. The minimum Gasteiger partial charge on any atom is -0.491 e. The molecule has 2 aliphatic heterocycles. The SMILES string of the molecule is CN1CCN(C(=O)CCN(C)c2ccc(F)cc2)CCOc2ccc(N3CCOCC3)cc2Cc2cccc(c2)C1=O. The highest BCUT2D eigenvalue weighted by Crippen LogP contribution is 2.29. The first-order chi connectivity index (χ1) is 20.4. The predicted octanol–water partition coefficient (Wildman–Crippen LogP) is 4.07. The second-order valence-corrected chi connectivity index (χ2v) is 10.9. The monoisotopic (exact) mass is 574 g/mol. The van der Waals surface area contributed by atoms with E-state index in [2.05, 4.69) is 17.0 Å². The zero-order valence-electron chi connectivity index (χ0n) is 24.4. The normalized spacial score (nSPS) is 16.4. The Hall–Kier alpha value is -4.11. The smallest absolute Gasteiger partial charge is 0.253 e. The number of ether oxygens (including phenoxy) is 2. The van der Waals surface area contributed by atoms with Crippen molar-refractivity contribution in [2.45, 2.75) is 12.8 Å². The summed E-state index contributed by atoms with van der Waals surface area (Å²) in [6, 6.07) is 20.2. The lowest BCUT2D eigenvalue weighted by Gasteiger charge is -2.30. The summed E-state index contributed by atoms with van der Waals surface area (Å²) in [5, 5.41) is 0. The molecule has 0 aliphatic carbocycles. The van der Waals surface area contributed by atoms with Gasteiger partial charge in [0.15, 0.2) is 0 Å². The number of morpholine rings is 1. The zero-order valence-corrected chi connectivity index (χ0v) is 24.4. The van der Waals surface area contributed by atoms with E-state index >= 15 is 0 Å². The molecule has 2 aliphatic rings. The van der Waals surface area contributed by atoms with Gasteiger partial charge in [0.05, 0.1) is 19.8 Å². The van der Waals surface area contributed by atoms with Crippen LogP contribution in [0.15, 0.2) is 66.7 Å². The van der Waals surface area contributed by atoms with Crippen LogP contribution in [0.25, 0.3) is 0 Å². The summed E-state index contributed by atoms with van der Waals surface area (Å²) in [7, 11) is 3.65. The van der Waals surface area contributed by atoms with Gasteiger partial charge in [0.1, 0.15) is 18.2 Å². The van der Waals surface area contributed by atoms with Crippen LogP contribution in [0.5, 0.6) is 5.75 Å². The maximum absolute atomic E-state index is 13.4. The summed E-state index contributed by atoms with van der Waals surface area (Å²) >= 11 is 0. The van der Waals surface area contributed by atoms with E-state index in [1.165, 1.54) is 12.1 Å². The van der Waals surface area contributed by atoms with Gasteiger partial charge in [0.2, 0.25) is 5.91 Å². The number of likely N-dealkylation sites (N-methyl/N-ethyl adjacent to an activating group) is 1. The molecule has 2 heterocycles. The Morgan fingerprint density at radius 2 is 1.71 bits per heavy atom. The van der Waals surface area contributed by atoms with Crippen LogP contribution in [0.3, 0.4) is 0 Å². The lowest BCUT2D eigenvalue weighted by Crippen LogP contribution is -2.42. The fourth-order valence-electron chi connectivity index (χ4n) is 5.36. The van der Waals surface area contributed by atoms with Gasteiger partial charge in [0, 0.05) is 82.2 Å². The molecule has 2 bridgehead atoms. The molecule has 0 spiro atoms. The third-order valence-electron chi connectivity index (χ3n) is 7.94. The number of benzene rings is 3. The third kappa shape index (κ3) is 7.39. The van der Waals surface area contributed by atoms with Crippen molar-refractivity contribution in [3.8, 4) is 5.75 Å². The van der Waals surface area contributed by atoms with E-state index in [1.807, 2.05) is 42.3 Å². The predicted molar refractivity (Wildman–Crippen MR) is 162 cm³/mol. The summed E-state index contributed by atoms with van der Waals surface area (Å²) in [4.78, 5) is 34.4. The molecule has 222 valence electrons. The molecule has 0 unspecified atom stereocenters. The molecule has 9 heteroatoms. The van der Waals surface area contributed by atoms with Gasteiger partial charge in [-0.1, -0.05) is 12.1 Å². The number of nitrogens with zero attached hydrogens (tertiary/aromatic N) is 4. The molecule has 1 saturated heterocycles. The molecule has 0 N–H and O–H groups in total. The topological polar surface area (TPSA) is 65.6 Å². The number of hydrogen-bond donors (Lipinski definition) is 0. The second-order valence-electron chi connectivity index (χ2n) is 10.9. The van der Waals surface area contributed by atoms with Gasteiger partial charge in [-0.25, -0.2) is 4.39 Å². The van der Waals surface area contributed by atoms with E-state index in [1.54, 1.807) is 29.0 Å². The van der Waals surface area contributed by atoms with Crippen molar-refractivity contribution in [3.05, 3.63) is 89.2 Å². The number of halogens is 1. The van der Waals surface area contributed by atoms with Crippen molar-refractivity contribution < 1.29 is 23.5 Å². The number of amides is 2. The van der Waals surface area contributed by atoms with Gasteiger partial charge in [-0.3, -0.25) is 9.59 Å². The van der Waals surface area contributed by atoms with E-state index in [0.717, 1.165) is 41.3 Å². The lowest BCUT2D eigenvalue weighted by atomic mass is 10.0.